The van der Waals surface area contributed by atoms with E-state index in [2.05, 4.69) is 34.3 Å². The van der Waals surface area contributed by atoms with Crippen LogP contribution in [0.2, 0.25) is 0 Å². The molecular weight excluding hydrogens is 300 g/mol. The number of methoxy groups -OCH3 is 1. The molecule has 2 aromatic rings. The minimum absolute atomic E-state index is 0.0315. The van der Waals surface area contributed by atoms with Crippen LogP contribution in [-0.2, 0) is 9.53 Å². The highest BCUT2D eigenvalue weighted by Gasteiger charge is 2.20. The molecule has 0 bridgehead atoms. The summed E-state index contributed by atoms with van der Waals surface area (Å²) in [7, 11) is 1.23. The summed E-state index contributed by atoms with van der Waals surface area (Å²) in [6, 6.07) is 12.3. The van der Waals surface area contributed by atoms with Crippen molar-refractivity contribution in [3.8, 4) is 0 Å². The third-order valence-corrected chi connectivity index (χ3v) is 4.21. The fourth-order valence-corrected chi connectivity index (χ4v) is 2.95. The first-order valence-electron chi connectivity index (χ1n) is 6.91. The third kappa shape index (κ3) is 4.41. The Bertz CT molecular complexity index is 623. The van der Waals surface area contributed by atoms with Crippen LogP contribution in [0.4, 0.5) is 4.79 Å². The predicted molar refractivity (Wildman–Crippen MR) is 84.7 cm³/mol. The Morgan fingerprint density at radius 2 is 2.00 bits per heavy atom. The van der Waals surface area contributed by atoms with Crippen molar-refractivity contribution in [1.82, 2.24) is 5.32 Å². The van der Waals surface area contributed by atoms with E-state index in [0.29, 0.717) is 0 Å². The molecule has 0 saturated heterocycles. The molecule has 5 nitrogen and oxygen atoms in total. The van der Waals surface area contributed by atoms with Crippen molar-refractivity contribution in [2.75, 3.05) is 13.7 Å². The number of amides is 2. The first kappa shape index (κ1) is 16.2. The number of rotatable bonds is 5. The highest BCUT2D eigenvalue weighted by molar-refractivity contribution is 7.10. The molecule has 3 N–H and O–H groups in total. The van der Waals surface area contributed by atoms with Gasteiger partial charge in [0.15, 0.2) is 6.54 Å². The number of ether oxygens (including phenoxy) is 1. The number of thiophene rings is 1. The number of hydrogen-bond acceptors (Lipinski definition) is 4. The number of nitrogens with one attached hydrogen (secondary N) is 1. The number of benzene rings is 1. The van der Waals surface area contributed by atoms with Crippen molar-refractivity contribution in [1.29, 1.82) is 0 Å². The number of carbonyl (C=O) groups is 2. The second-order valence-electron chi connectivity index (χ2n) is 4.88. The lowest BCUT2D eigenvalue weighted by molar-refractivity contribution is -0.676. The molecule has 6 heteroatoms. The van der Waals surface area contributed by atoms with Gasteiger partial charge in [-0.25, -0.2) is 4.79 Å². The van der Waals surface area contributed by atoms with Gasteiger partial charge in [0.2, 0.25) is 0 Å². The smallest absolute Gasteiger partial charge is 0.413 e. The molecule has 0 spiro atoms. The highest BCUT2D eigenvalue weighted by atomic mass is 32.1. The van der Waals surface area contributed by atoms with Crippen LogP contribution < -0.4 is 10.6 Å². The molecule has 0 fully saturated rings. The normalized spacial score (nSPS) is 11.7. The molecule has 0 aliphatic rings. The Labute approximate surface area is 133 Å². The summed E-state index contributed by atoms with van der Waals surface area (Å²) in [6.45, 7) is 2.18. The van der Waals surface area contributed by atoms with Crippen LogP contribution in [0.1, 0.15) is 22.0 Å². The number of aryl methyl sites for hydroxylation is 1. The first-order valence-corrected chi connectivity index (χ1v) is 7.79. The fraction of sp³-hybridized carbons (Fsp3) is 0.250. The van der Waals surface area contributed by atoms with E-state index in [0.717, 1.165) is 10.4 Å². The van der Waals surface area contributed by atoms with Crippen molar-refractivity contribution < 1.29 is 19.6 Å². The van der Waals surface area contributed by atoms with Crippen LogP contribution in [0.15, 0.2) is 41.8 Å². The van der Waals surface area contributed by atoms with Crippen LogP contribution in [0.5, 0.6) is 0 Å². The summed E-state index contributed by atoms with van der Waals surface area (Å²) >= 11 is 1.65. The summed E-state index contributed by atoms with van der Waals surface area (Å²) in [5.74, 6) is -0.375. The van der Waals surface area contributed by atoms with Gasteiger partial charge in [0.1, 0.15) is 6.04 Å². The van der Waals surface area contributed by atoms with Gasteiger partial charge in [0.25, 0.3) is 5.91 Å². The van der Waals surface area contributed by atoms with Crippen LogP contribution >= 0.6 is 11.3 Å². The molecule has 0 unspecified atom stereocenters. The summed E-state index contributed by atoms with van der Waals surface area (Å²) < 4.78 is 4.42. The Morgan fingerprint density at radius 3 is 2.59 bits per heavy atom. The predicted octanol–water partition coefficient (Wildman–Crippen LogP) is 1.59. The van der Waals surface area contributed by atoms with Gasteiger partial charge in [0, 0.05) is 5.56 Å². The standard InChI is InChI=1S/C16H18N2O3S/c1-11-5-7-12(8-6-11)15(13-4-3-9-22-13)17-10-14(19)18-16(20)21-2/h3-9,15,17H,10H2,1-2H3,(H,18,19,20)/p+1/t15-/m1/s1. The van der Waals surface area contributed by atoms with Gasteiger partial charge in [-0.3, -0.25) is 10.1 Å². The molecule has 0 radical (unpaired) electrons. The van der Waals surface area contributed by atoms with Gasteiger partial charge in [-0.15, -0.1) is 11.3 Å². The molecule has 22 heavy (non-hydrogen) atoms. The minimum atomic E-state index is -0.735. The molecule has 116 valence electrons. The summed E-state index contributed by atoms with van der Waals surface area (Å²) in [4.78, 5) is 23.9. The number of imide groups is 1. The third-order valence-electron chi connectivity index (χ3n) is 3.25. The van der Waals surface area contributed by atoms with E-state index < -0.39 is 6.09 Å². The van der Waals surface area contributed by atoms with E-state index in [1.807, 2.05) is 29.8 Å². The van der Waals surface area contributed by atoms with Gasteiger partial charge in [-0.2, -0.15) is 0 Å². The number of quaternary nitrogens is 1. The van der Waals surface area contributed by atoms with Crippen molar-refractivity contribution in [3.63, 3.8) is 0 Å². The minimum Gasteiger partial charge on any atom is -0.453 e. The topological polar surface area (TPSA) is 72.0 Å². The molecule has 2 amide bonds. The van der Waals surface area contributed by atoms with E-state index in [9.17, 15) is 9.59 Å². The van der Waals surface area contributed by atoms with Gasteiger partial charge in [0.05, 0.1) is 12.0 Å². The number of alkyl carbamates (subject to hydrolysis) is 1. The van der Waals surface area contributed by atoms with Gasteiger partial charge in [-0.1, -0.05) is 35.9 Å². The lowest BCUT2D eigenvalue weighted by Gasteiger charge is -2.14. The molecule has 1 heterocycles. The molecular formula is C16H19N2O3S+. The van der Waals surface area contributed by atoms with Crippen molar-refractivity contribution in [3.05, 3.63) is 57.8 Å². The Morgan fingerprint density at radius 1 is 1.27 bits per heavy atom. The van der Waals surface area contributed by atoms with Crippen LogP contribution in [-0.4, -0.2) is 25.7 Å². The molecule has 0 aliphatic carbocycles. The molecule has 1 atom stereocenters. The first-order chi connectivity index (χ1) is 10.6. The average Bonchev–Trinajstić information content (AvgIpc) is 3.03. The quantitative estimate of drug-likeness (QED) is 0.879. The van der Waals surface area contributed by atoms with E-state index in [1.165, 1.54) is 12.7 Å². The summed E-state index contributed by atoms with van der Waals surface area (Å²) in [6.07, 6.45) is -0.735. The number of carbonyl (C=O) groups excluding carboxylic acids is 2. The van der Waals surface area contributed by atoms with Crippen molar-refractivity contribution >= 4 is 23.3 Å². The lowest BCUT2D eigenvalue weighted by atomic mass is 10.0. The zero-order valence-electron chi connectivity index (χ0n) is 12.5. The van der Waals surface area contributed by atoms with Gasteiger partial charge >= 0.3 is 6.09 Å². The van der Waals surface area contributed by atoms with E-state index in [1.54, 1.807) is 11.3 Å². The van der Waals surface area contributed by atoms with Crippen LogP contribution in [0.3, 0.4) is 0 Å². The Kier molecular flexibility index (Phi) is 5.68. The SMILES string of the molecule is COC(=O)NC(=O)C[NH2+][C@H](c1ccc(C)cc1)c1cccs1. The second kappa shape index (κ2) is 7.72. The lowest BCUT2D eigenvalue weighted by Crippen LogP contribution is -2.87. The van der Waals surface area contributed by atoms with Gasteiger partial charge in [-0.05, 0) is 18.4 Å². The second-order valence-corrected chi connectivity index (χ2v) is 5.86. The van der Waals surface area contributed by atoms with E-state index >= 15 is 0 Å². The fourth-order valence-electron chi connectivity index (χ4n) is 2.10. The monoisotopic (exact) mass is 319 g/mol. The largest absolute Gasteiger partial charge is 0.453 e. The molecule has 1 aromatic heterocycles. The molecule has 0 saturated carbocycles. The maximum absolute atomic E-state index is 11.7. The van der Waals surface area contributed by atoms with Crippen LogP contribution in [0, 0.1) is 6.92 Å². The maximum atomic E-state index is 11.7. The number of nitrogens with two attached hydrogens (primary N) is 1. The average molecular weight is 319 g/mol. The summed E-state index contributed by atoms with van der Waals surface area (Å²) in [5, 5.41) is 6.09. The molecule has 0 aliphatic heterocycles. The zero-order chi connectivity index (χ0) is 15.9. The highest BCUT2D eigenvalue weighted by Crippen LogP contribution is 2.22. The Hall–Kier alpha value is -2.18. The Balaban J connectivity index is 2.08. The van der Waals surface area contributed by atoms with E-state index in [4.69, 9.17) is 0 Å². The van der Waals surface area contributed by atoms with Crippen molar-refractivity contribution in [2.45, 2.75) is 13.0 Å². The zero-order valence-corrected chi connectivity index (χ0v) is 13.4. The maximum Gasteiger partial charge on any atom is 0.413 e. The summed E-state index contributed by atoms with van der Waals surface area (Å²) in [5.41, 5.74) is 2.32. The molecule has 1 aromatic carbocycles. The van der Waals surface area contributed by atoms with Crippen LogP contribution in [0.25, 0.3) is 0 Å². The number of hydrogen-bond donors (Lipinski definition) is 2. The van der Waals surface area contributed by atoms with E-state index in [-0.39, 0.29) is 18.5 Å². The van der Waals surface area contributed by atoms with Crippen molar-refractivity contribution in [2.24, 2.45) is 0 Å². The molecule has 2 rings (SSSR count). The van der Waals surface area contributed by atoms with Gasteiger partial charge < -0.3 is 10.1 Å².